The van der Waals surface area contributed by atoms with Gasteiger partial charge in [0.15, 0.2) is 11.5 Å². The van der Waals surface area contributed by atoms with Gasteiger partial charge in [0.2, 0.25) is 0 Å². The first-order valence-electron chi connectivity index (χ1n) is 10.6. The van der Waals surface area contributed by atoms with Gasteiger partial charge < -0.3 is 19.5 Å². The highest BCUT2D eigenvalue weighted by atomic mass is 16.5. The summed E-state index contributed by atoms with van der Waals surface area (Å²) in [5.41, 5.74) is 2.04. The summed E-state index contributed by atoms with van der Waals surface area (Å²) in [6.45, 7) is 6.07. The predicted molar refractivity (Wildman–Crippen MR) is 106 cm³/mol. The van der Waals surface area contributed by atoms with Gasteiger partial charge in [-0.25, -0.2) is 0 Å². The number of rotatable bonds is 5. The fourth-order valence-electron chi connectivity index (χ4n) is 6.55. The molecule has 0 unspecified atom stereocenters. The second-order valence-corrected chi connectivity index (χ2v) is 8.85. The van der Waals surface area contributed by atoms with Crippen molar-refractivity contribution in [2.45, 2.75) is 69.1 Å². The monoisotopic (exact) mass is 369 g/mol. The van der Waals surface area contributed by atoms with Crippen molar-refractivity contribution in [2.75, 3.05) is 20.2 Å². The third kappa shape index (κ3) is 2.01. The zero-order valence-corrected chi connectivity index (χ0v) is 16.7. The molecule has 2 heterocycles. The van der Waals surface area contributed by atoms with Crippen molar-refractivity contribution in [2.24, 2.45) is 5.92 Å². The van der Waals surface area contributed by atoms with Crippen LogP contribution in [0.4, 0.5) is 0 Å². The van der Waals surface area contributed by atoms with E-state index in [2.05, 4.69) is 44.0 Å². The Morgan fingerprint density at radius 2 is 2.11 bits per heavy atom. The lowest BCUT2D eigenvalue weighted by molar-refractivity contribution is -0.126. The highest BCUT2D eigenvalue weighted by molar-refractivity contribution is 5.64. The molecule has 1 N–H and O–H groups in total. The van der Waals surface area contributed by atoms with Gasteiger partial charge in [0, 0.05) is 17.5 Å². The maximum Gasteiger partial charge on any atom is 0.166 e. The van der Waals surface area contributed by atoms with Crippen LogP contribution in [0, 0.1) is 5.92 Å². The van der Waals surface area contributed by atoms with E-state index in [4.69, 9.17) is 9.47 Å². The molecule has 1 fully saturated rings. The van der Waals surface area contributed by atoms with Gasteiger partial charge in [0.05, 0.1) is 12.0 Å². The first kappa shape index (κ1) is 17.6. The molecule has 2 aliphatic carbocycles. The SMILES string of the molecule is CCCOc1ccc2c3c1O[C@@]1(CCC)[C@@H](O)C=C[C@H]4[C@@H](C2)N(C)CC[C@@]341. The third-order valence-electron chi connectivity index (χ3n) is 7.59. The van der Waals surface area contributed by atoms with Crippen molar-refractivity contribution < 1.29 is 14.6 Å². The van der Waals surface area contributed by atoms with E-state index in [0.717, 1.165) is 50.1 Å². The highest BCUT2D eigenvalue weighted by Crippen LogP contribution is 2.67. The van der Waals surface area contributed by atoms with E-state index in [0.29, 0.717) is 18.6 Å². The fourth-order valence-corrected chi connectivity index (χ4v) is 6.55. The second-order valence-electron chi connectivity index (χ2n) is 8.85. The largest absolute Gasteiger partial charge is 0.490 e. The van der Waals surface area contributed by atoms with E-state index in [-0.39, 0.29) is 5.41 Å². The summed E-state index contributed by atoms with van der Waals surface area (Å²) in [6.07, 6.45) is 8.64. The molecule has 2 aliphatic heterocycles. The first-order chi connectivity index (χ1) is 13.1. The summed E-state index contributed by atoms with van der Waals surface area (Å²) in [5.74, 6) is 2.17. The van der Waals surface area contributed by atoms with Crippen molar-refractivity contribution >= 4 is 0 Å². The Hall–Kier alpha value is -1.52. The lowest BCUT2D eigenvalue weighted by Crippen LogP contribution is -2.71. The quantitative estimate of drug-likeness (QED) is 0.807. The number of likely N-dealkylation sites (N-methyl/N-ethyl adjacent to an activating group) is 1. The van der Waals surface area contributed by atoms with Crippen molar-refractivity contribution in [1.82, 2.24) is 4.90 Å². The molecule has 146 valence electrons. The molecule has 0 saturated carbocycles. The number of likely N-dealkylation sites (tertiary alicyclic amines) is 1. The average molecular weight is 370 g/mol. The fraction of sp³-hybridized carbons (Fsp3) is 0.652. The van der Waals surface area contributed by atoms with Crippen LogP contribution in [0.5, 0.6) is 11.5 Å². The Morgan fingerprint density at radius 1 is 1.26 bits per heavy atom. The Balaban J connectivity index is 1.77. The molecule has 4 aliphatic rings. The number of hydrogen-bond acceptors (Lipinski definition) is 4. The topological polar surface area (TPSA) is 41.9 Å². The molecule has 4 heteroatoms. The summed E-state index contributed by atoms with van der Waals surface area (Å²) in [5, 5.41) is 11.2. The van der Waals surface area contributed by atoms with E-state index in [1.54, 1.807) is 0 Å². The number of ether oxygens (including phenoxy) is 2. The Labute approximate surface area is 162 Å². The van der Waals surface area contributed by atoms with Crippen LogP contribution in [-0.4, -0.2) is 48.0 Å². The van der Waals surface area contributed by atoms with E-state index >= 15 is 0 Å². The van der Waals surface area contributed by atoms with Gasteiger partial charge in [0.1, 0.15) is 11.7 Å². The molecule has 1 spiro atoms. The van der Waals surface area contributed by atoms with Gasteiger partial charge >= 0.3 is 0 Å². The van der Waals surface area contributed by atoms with E-state index in [1.807, 2.05) is 6.08 Å². The van der Waals surface area contributed by atoms with E-state index in [1.165, 1.54) is 11.1 Å². The van der Waals surface area contributed by atoms with Crippen LogP contribution < -0.4 is 9.47 Å². The molecule has 27 heavy (non-hydrogen) atoms. The number of nitrogens with zero attached hydrogens (tertiary/aromatic N) is 1. The normalized spacial score (nSPS) is 38.4. The maximum absolute atomic E-state index is 11.2. The number of hydrogen-bond donors (Lipinski definition) is 1. The van der Waals surface area contributed by atoms with Crippen molar-refractivity contribution in [3.8, 4) is 11.5 Å². The molecule has 1 aromatic carbocycles. The smallest absolute Gasteiger partial charge is 0.166 e. The van der Waals surface area contributed by atoms with Gasteiger partial charge in [-0.1, -0.05) is 38.5 Å². The minimum absolute atomic E-state index is 0.136. The van der Waals surface area contributed by atoms with Gasteiger partial charge in [-0.05, 0) is 50.9 Å². The zero-order valence-electron chi connectivity index (χ0n) is 16.7. The van der Waals surface area contributed by atoms with Crippen LogP contribution in [-0.2, 0) is 11.8 Å². The number of benzene rings is 1. The molecule has 5 atom stereocenters. The van der Waals surface area contributed by atoms with Gasteiger partial charge in [-0.15, -0.1) is 0 Å². The standard InChI is InChI=1S/C23H31NO3/c1-4-10-23-19(25)9-7-16-17-14-15-6-8-18(26-13-5-2)21(27-23)20(15)22(16,23)11-12-24(17)3/h6-9,16-17,19,25H,4-5,10-14H2,1-3H3/t16-,17+,19-,22-,23-/m0/s1. The minimum Gasteiger partial charge on any atom is -0.490 e. The van der Waals surface area contributed by atoms with Crippen molar-refractivity contribution in [3.05, 3.63) is 35.4 Å². The minimum atomic E-state index is -0.574. The van der Waals surface area contributed by atoms with Crippen molar-refractivity contribution in [1.29, 1.82) is 0 Å². The van der Waals surface area contributed by atoms with Crippen LogP contribution in [0.1, 0.15) is 50.7 Å². The summed E-state index contributed by atoms with van der Waals surface area (Å²) < 4.78 is 12.9. The summed E-state index contributed by atoms with van der Waals surface area (Å²) >= 11 is 0. The lowest BCUT2D eigenvalue weighted by atomic mass is 9.48. The molecule has 1 aromatic rings. The second kappa shape index (κ2) is 5.99. The number of aliphatic hydroxyl groups excluding tert-OH is 1. The third-order valence-corrected chi connectivity index (χ3v) is 7.59. The van der Waals surface area contributed by atoms with Crippen LogP contribution in [0.25, 0.3) is 0 Å². The zero-order chi connectivity index (χ0) is 18.8. The van der Waals surface area contributed by atoms with Crippen LogP contribution >= 0.6 is 0 Å². The summed E-state index contributed by atoms with van der Waals surface area (Å²) in [7, 11) is 2.25. The maximum atomic E-state index is 11.2. The molecular formula is C23H31NO3. The number of piperidine rings is 1. The molecule has 0 aromatic heterocycles. The van der Waals surface area contributed by atoms with Crippen LogP contribution in [0.2, 0.25) is 0 Å². The van der Waals surface area contributed by atoms with Crippen molar-refractivity contribution in [3.63, 3.8) is 0 Å². The molecular weight excluding hydrogens is 338 g/mol. The van der Waals surface area contributed by atoms with Gasteiger partial charge in [-0.2, -0.15) is 0 Å². The summed E-state index contributed by atoms with van der Waals surface area (Å²) in [4.78, 5) is 2.51. The molecule has 5 rings (SSSR count). The molecule has 0 amide bonds. The highest BCUT2D eigenvalue weighted by Gasteiger charge is 2.71. The Bertz CT molecular complexity index is 790. The molecule has 1 saturated heterocycles. The Kier molecular flexibility index (Phi) is 3.90. The molecule has 0 radical (unpaired) electrons. The summed E-state index contributed by atoms with van der Waals surface area (Å²) in [6, 6.07) is 4.82. The lowest BCUT2D eigenvalue weighted by Gasteiger charge is -2.61. The molecule has 4 nitrogen and oxygen atoms in total. The van der Waals surface area contributed by atoms with Gasteiger partial charge in [-0.3, -0.25) is 0 Å². The first-order valence-corrected chi connectivity index (χ1v) is 10.6. The van der Waals surface area contributed by atoms with Gasteiger partial charge in [0.25, 0.3) is 0 Å². The van der Waals surface area contributed by atoms with Crippen LogP contribution in [0.3, 0.4) is 0 Å². The Morgan fingerprint density at radius 3 is 2.89 bits per heavy atom. The molecule has 2 bridgehead atoms. The van der Waals surface area contributed by atoms with Crippen LogP contribution in [0.15, 0.2) is 24.3 Å². The number of aliphatic hydroxyl groups is 1. The van der Waals surface area contributed by atoms with E-state index < -0.39 is 11.7 Å². The predicted octanol–water partition coefficient (Wildman–Crippen LogP) is 3.45. The average Bonchev–Trinajstić information content (AvgIpc) is 2.97. The van der Waals surface area contributed by atoms with E-state index in [9.17, 15) is 5.11 Å².